The molecule has 2 amide bonds. The van der Waals surface area contributed by atoms with Crippen molar-refractivity contribution in [2.24, 2.45) is 11.5 Å². The summed E-state index contributed by atoms with van der Waals surface area (Å²) in [6.07, 6.45) is -4.81. The van der Waals surface area contributed by atoms with Crippen molar-refractivity contribution in [3.05, 3.63) is 28.3 Å². The number of nitrogen functional groups attached to an aromatic ring is 1. The first-order chi connectivity index (χ1) is 8.07. The van der Waals surface area contributed by atoms with Gasteiger partial charge in [-0.3, -0.25) is 9.59 Å². The van der Waals surface area contributed by atoms with E-state index in [-0.39, 0.29) is 11.1 Å². The minimum Gasteiger partial charge on any atom is -0.397 e. The second-order valence-electron chi connectivity index (χ2n) is 3.63. The van der Waals surface area contributed by atoms with Crippen molar-refractivity contribution in [2.75, 3.05) is 5.73 Å². The number of anilines is 1. The molecule has 1 rings (SSSR count). The van der Waals surface area contributed by atoms with E-state index in [4.69, 9.17) is 17.2 Å². The number of amides is 2. The quantitative estimate of drug-likeness (QED) is 0.684. The number of benzene rings is 1. The number of alkyl halides is 3. The van der Waals surface area contributed by atoms with Crippen LogP contribution in [0.15, 0.2) is 6.07 Å². The summed E-state index contributed by atoms with van der Waals surface area (Å²) in [7, 11) is 0. The van der Waals surface area contributed by atoms with E-state index >= 15 is 0 Å². The Hall–Kier alpha value is -2.25. The Morgan fingerprint density at radius 2 is 1.56 bits per heavy atom. The molecule has 0 spiro atoms. The SMILES string of the molecule is Cc1cc(C(F)(F)F)c(C(N)=O)c(N)c1C(N)=O. The zero-order valence-corrected chi connectivity index (χ0v) is 9.26. The number of carbonyl (C=O) groups is 2. The van der Waals surface area contributed by atoms with E-state index in [0.29, 0.717) is 6.07 Å². The zero-order valence-electron chi connectivity index (χ0n) is 9.26. The van der Waals surface area contributed by atoms with Gasteiger partial charge in [0.15, 0.2) is 0 Å². The Balaban J connectivity index is 3.78. The van der Waals surface area contributed by atoms with Crippen molar-refractivity contribution >= 4 is 17.5 Å². The molecule has 0 saturated heterocycles. The van der Waals surface area contributed by atoms with E-state index in [9.17, 15) is 22.8 Å². The van der Waals surface area contributed by atoms with Gasteiger partial charge in [-0.2, -0.15) is 13.2 Å². The molecule has 8 heteroatoms. The number of carbonyl (C=O) groups excluding carboxylic acids is 2. The molecule has 0 aromatic heterocycles. The summed E-state index contributed by atoms with van der Waals surface area (Å²) in [5, 5.41) is 0. The third-order valence-electron chi connectivity index (χ3n) is 2.36. The van der Waals surface area contributed by atoms with Gasteiger partial charge in [0, 0.05) is 0 Å². The second-order valence-corrected chi connectivity index (χ2v) is 3.63. The molecule has 0 unspecified atom stereocenters. The average molecular weight is 261 g/mol. The molecule has 0 fully saturated rings. The van der Waals surface area contributed by atoms with Crippen LogP contribution in [0.2, 0.25) is 0 Å². The fraction of sp³-hybridized carbons (Fsp3) is 0.200. The molecule has 0 heterocycles. The number of primary amides is 2. The summed E-state index contributed by atoms with van der Waals surface area (Å²) in [5.74, 6) is -2.40. The van der Waals surface area contributed by atoms with Crippen LogP contribution in [0, 0.1) is 6.92 Å². The van der Waals surface area contributed by atoms with Gasteiger partial charge >= 0.3 is 6.18 Å². The second kappa shape index (κ2) is 4.21. The largest absolute Gasteiger partial charge is 0.417 e. The van der Waals surface area contributed by atoms with Crippen molar-refractivity contribution < 1.29 is 22.8 Å². The van der Waals surface area contributed by atoms with Crippen molar-refractivity contribution in [2.45, 2.75) is 13.1 Å². The van der Waals surface area contributed by atoms with Crippen LogP contribution < -0.4 is 17.2 Å². The molecule has 1 aromatic rings. The molecule has 0 aliphatic heterocycles. The Morgan fingerprint density at radius 3 is 1.89 bits per heavy atom. The van der Waals surface area contributed by atoms with Crippen LogP contribution in [0.5, 0.6) is 0 Å². The van der Waals surface area contributed by atoms with Crippen LogP contribution in [-0.4, -0.2) is 11.8 Å². The first kappa shape index (κ1) is 13.8. The lowest BCUT2D eigenvalue weighted by molar-refractivity contribution is -0.137. The minimum atomic E-state index is -4.81. The molecule has 0 aliphatic carbocycles. The normalized spacial score (nSPS) is 11.3. The molecule has 0 atom stereocenters. The van der Waals surface area contributed by atoms with Gasteiger partial charge < -0.3 is 17.2 Å². The number of aryl methyl sites for hydroxylation is 1. The van der Waals surface area contributed by atoms with Crippen LogP contribution >= 0.6 is 0 Å². The number of hydrogen-bond donors (Lipinski definition) is 3. The first-order valence-electron chi connectivity index (χ1n) is 4.67. The van der Waals surface area contributed by atoms with Crippen molar-refractivity contribution in [1.82, 2.24) is 0 Å². The van der Waals surface area contributed by atoms with Crippen LogP contribution in [0.4, 0.5) is 18.9 Å². The van der Waals surface area contributed by atoms with Crippen molar-refractivity contribution in [3.8, 4) is 0 Å². The molecule has 6 N–H and O–H groups in total. The number of hydrogen-bond acceptors (Lipinski definition) is 3. The first-order valence-corrected chi connectivity index (χ1v) is 4.67. The lowest BCUT2D eigenvalue weighted by Gasteiger charge is -2.16. The summed E-state index contributed by atoms with van der Waals surface area (Å²) in [6, 6.07) is 0.622. The minimum absolute atomic E-state index is 0.0719. The fourth-order valence-electron chi connectivity index (χ4n) is 1.66. The molecule has 98 valence electrons. The van der Waals surface area contributed by atoms with Gasteiger partial charge in [0.1, 0.15) is 0 Å². The molecule has 5 nitrogen and oxygen atoms in total. The van der Waals surface area contributed by atoms with E-state index in [1.54, 1.807) is 0 Å². The van der Waals surface area contributed by atoms with Crippen LogP contribution in [-0.2, 0) is 6.18 Å². The zero-order chi connectivity index (χ0) is 14.2. The number of nitrogens with two attached hydrogens (primary N) is 3. The smallest absolute Gasteiger partial charge is 0.397 e. The topological polar surface area (TPSA) is 112 Å². The van der Waals surface area contributed by atoms with E-state index in [2.05, 4.69) is 0 Å². The molecule has 0 aliphatic rings. The highest BCUT2D eigenvalue weighted by Gasteiger charge is 2.37. The maximum Gasteiger partial charge on any atom is 0.417 e. The van der Waals surface area contributed by atoms with Gasteiger partial charge in [-0.05, 0) is 18.6 Å². The third kappa shape index (κ3) is 2.22. The van der Waals surface area contributed by atoms with Gasteiger partial charge in [-0.1, -0.05) is 0 Å². The van der Waals surface area contributed by atoms with E-state index < -0.39 is 34.8 Å². The lowest BCUT2D eigenvalue weighted by atomic mass is 9.95. The van der Waals surface area contributed by atoms with Crippen LogP contribution in [0.3, 0.4) is 0 Å². The predicted molar refractivity (Wildman–Crippen MR) is 57.6 cm³/mol. The summed E-state index contributed by atoms with van der Waals surface area (Å²) in [5.41, 5.74) is 11.9. The van der Waals surface area contributed by atoms with Crippen molar-refractivity contribution in [1.29, 1.82) is 0 Å². The van der Waals surface area contributed by atoms with E-state index in [1.165, 1.54) is 6.92 Å². The maximum atomic E-state index is 12.7. The Kier molecular flexibility index (Phi) is 3.23. The highest BCUT2D eigenvalue weighted by Crippen LogP contribution is 2.36. The monoisotopic (exact) mass is 261 g/mol. The van der Waals surface area contributed by atoms with Crippen LogP contribution in [0.1, 0.15) is 31.8 Å². The highest BCUT2D eigenvalue weighted by atomic mass is 19.4. The summed E-state index contributed by atoms with van der Waals surface area (Å²) in [4.78, 5) is 22.2. The lowest BCUT2D eigenvalue weighted by Crippen LogP contribution is -2.25. The van der Waals surface area contributed by atoms with E-state index in [1.807, 2.05) is 0 Å². The maximum absolute atomic E-state index is 12.7. The molecule has 0 radical (unpaired) electrons. The third-order valence-corrected chi connectivity index (χ3v) is 2.36. The van der Waals surface area contributed by atoms with Gasteiger partial charge in [0.2, 0.25) is 0 Å². The van der Waals surface area contributed by atoms with Gasteiger partial charge in [-0.25, -0.2) is 0 Å². The Morgan fingerprint density at radius 1 is 1.11 bits per heavy atom. The molecular formula is C10H10F3N3O2. The van der Waals surface area contributed by atoms with Gasteiger partial charge in [0.05, 0.1) is 22.4 Å². The number of halogens is 3. The van der Waals surface area contributed by atoms with Gasteiger partial charge in [0.25, 0.3) is 11.8 Å². The van der Waals surface area contributed by atoms with E-state index in [0.717, 1.165) is 0 Å². The van der Waals surface area contributed by atoms with Crippen molar-refractivity contribution in [3.63, 3.8) is 0 Å². The Bertz CT molecular complexity index is 538. The standard InChI is InChI=1S/C10H10F3N3O2/c1-3-2-4(10(11,12)13)6(9(16)18)7(14)5(3)8(15)17/h2H,14H2,1H3,(H2,15,17)(H2,16,18). The fourth-order valence-corrected chi connectivity index (χ4v) is 1.66. The predicted octanol–water partition coefficient (Wildman–Crippen LogP) is 0.794. The molecule has 0 bridgehead atoms. The summed E-state index contributed by atoms with van der Waals surface area (Å²) in [6.45, 7) is 1.23. The average Bonchev–Trinajstić information content (AvgIpc) is 2.13. The molecular weight excluding hydrogens is 251 g/mol. The van der Waals surface area contributed by atoms with Crippen LogP contribution in [0.25, 0.3) is 0 Å². The molecule has 1 aromatic carbocycles. The summed E-state index contributed by atoms with van der Waals surface area (Å²) >= 11 is 0. The number of rotatable bonds is 2. The Labute approximate surface area is 99.7 Å². The summed E-state index contributed by atoms with van der Waals surface area (Å²) < 4.78 is 38.2. The highest BCUT2D eigenvalue weighted by molar-refractivity contribution is 6.08. The molecule has 0 saturated carbocycles. The molecule has 18 heavy (non-hydrogen) atoms. The van der Waals surface area contributed by atoms with Gasteiger partial charge in [-0.15, -0.1) is 0 Å².